The monoisotopic (exact) mass is 244 g/mol. The molecule has 0 saturated heterocycles. The number of ether oxygens (including phenoxy) is 1. The minimum atomic E-state index is -1.13. The number of aromatic carboxylic acids is 1. The Bertz CT molecular complexity index is 429. The lowest BCUT2D eigenvalue weighted by Gasteiger charge is -2.11. The summed E-state index contributed by atoms with van der Waals surface area (Å²) in [6, 6.07) is 3.82. The summed E-state index contributed by atoms with van der Waals surface area (Å²) in [5.74, 6) is -2.10. The van der Waals surface area contributed by atoms with Crippen molar-refractivity contribution in [3.8, 4) is 5.75 Å². The van der Waals surface area contributed by atoms with Crippen LogP contribution in [0.2, 0.25) is 5.02 Å². The molecule has 0 bridgehead atoms. The van der Waals surface area contributed by atoms with Crippen LogP contribution in [0.5, 0.6) is 5.75 Å². The number of hydrogen-bond donors (Lipinski definition) is 2. The van der Waals surface area contributed by atoms with E-state index in [1.807, 2.05) is 0 Å². The largest absolute Gasteiger partial charge is 0.479 e. The van der Waals surface area contributed by atoms with Crippen LogP contribution >= 0.6 is 11.6 Å². The standard InChI is InChI=1S/C10H9ClO5/c1-5(9(12)13)16-8-3-2-6(10(14)15)4-7(8)11/h2-5H,1H3,(H,12,13)(H,14,15). The quantitative estimate of drug-likeness (QED) is 0.845. The van der Waals surface area contributed by atoms with Gasteiger partial charge in [-0.3, -0.25) is 0 Å². The Morgan fingerprint density at radius 3 is 2.44 bits per heavy atom. The summed E-state index contributed by atoms with van der Waals surface area (Å²) < 4.78 is 5.02. The first-order chi connectivity index (χ1) is 7.41. The molecule has 5 nitrogen and oxygen atoms in total. The van der Waals surface area contributed by atoms with E-state index >= 15 is 0 Å². The fraction of sp³-hybridized carbons (Fsp3) is 0.200. The van der Waals surface area contributed by atoms with E-state index in [9.17, 15) is 9.59 Å². The van der Waals surface area contributed by atoms with Gasteiger partial charge in [-0.1, -0.05) is 11.6 Å². The number of carboxylic acids is 2. The van der Waals surface area contributed by atoms with Gasteiger partial charge in [0.25, 0.3) is 0 Å². The normalized spacial score (nSPS) is 11.9. The van der Waals surface area contributed by atoms with Crippen LogP contribution in [0.15, 0.2) is 18.2 Å². The van der Waals surface area contributed by atoms with Gasteiger partial charge in [0.2, 0.25) is 0 Å². The van der Waals surface area contributed by atoms with Crippen molar-refractivity contribution in [3.05, 3.63) is 28.8 Å². The molecule has 0 aliphatic heterocycles. The van der Waals surface area contributed by atoms with Crippen LogP contribution in [0.25, 0.3) is 0 Å². The second-order valence-corrected chi connectivity index (χ2v) is 3.46. The molecule has 1 aromatic carbocycles. The fourth-order valence-corrected chi connectivity index (χ4v) is 1.20. The zero-order valence-electron chi connectivity index (χ0n) is 8.31. The predicted molar refractivity (Wildman–Crippen MR) is 56.1 cm³/mol. The molecule has 1 unspecified atom stereocenters. The van der Waals surface area contributed by atoms with Gasteiger partial charge in [0.15, 0.2) is 6.10 Å². The Morgan fingerprint density at radius 2 is 2.00 bits per heavy atom. The van der Waals surface area contributed by atoms with Crippen LogP contribution in [0.3, 0.4) is 0 Å². The molecule has 0 aliphatic carbocycles. The van der Waals surface area contributed by atoms with Crippen LogP contribution in [0.1, 0.15) is 17.3 Å². The molecule has 0 heterocycles. The molecule has 1 atom stereocenters. The van der Waals surface area contributed by atoms with Gasteiger partial charge in [-0.15, -0.1) is 0 Å². The maximum absolute atomic E-state index is 10.6. The first-order valence-corrected chi connectivity index (χ1v) is 4.72. The van der Waals surface area contributed by atoms with Crippen molar-refractivity contribution in [3.63, 3.8) is 0 Å². The van der Waals surface area contributed by atoms with E-state index in [0.717, 1.165) is 0 Å². The van der Waals surface area contributed by atoms with Crippen molar-refractivity contribution in [2.45, 2.75) is 13.0 Å². The van der Waals surface area contributed by atoms with Crippen LogP contribution in [0.4, 0.5) is 0 Å². The van der Waals surface area contributed by atoms with Gasteiger partial charge < -0.3 is 14.9 Å². The summed E-state index contributed by atoms with van der Waals surface area (Å²) in [5.41, 5.74) is 0.0142. The zero-order valence-corrected chi connectivity index (χ0v) is 9.06. The van der Waals surface area contributed by atoms with E-state index < -0.39 is 18.0 Å². The number of hydrogen-bond acceptors (Lipinski definition) is 3. The number of carboxylic acid groups (broad SMARTS) is 2. The number of aliphatic carboxylic acids is 1. The van der Waals surface area contributed by atoms with Gasteiger partial charge in [-0.2, -0.15) is 0 Å². The molecule has 6 heteroatoms. The molecule has 86 valence electrons. The Labute approximate surface area is 96.2 Å². The Morgan fingerprint density at radius 1 is 1.38 bits per heavy atom. The van der Waals surface area contributed by atoms with Crippen molar-refractivity contribution in [1.29, 1.82) is 0 Å². The Hall–Kier alpha value is -1.75. The highest BCUT2D eigenvalue weighted by atomic mass is 35.5. The van der Waals surface area contributed by atoms with E-state index in [0.29, 0.717) is 0 Å². The highest BCUT2D eigenvalue weighted by Crippen LogP contribution is 2.26. The molecule has 0 amide bonds. The molecular weight excluding hydrogens is 236 g/mol. The molecule has 0 saturated carbocycles. The van der Waals surface area contributed by atoms with E-state index in [1.54, 1.807) is 0 Å². The molecule has 2 N–H and O–H groups in total. The first-order valence-electron chi connectivity index (χ1n) is 4.34. The van der Waals surface area contributed by atoms with Crippen molar-refractivity contribution < 1.29 is 24.5 Å². The van der Waals surface area contributed by atoms with Gasteiger partial charge >= 0.3 is 11.9 Å². The van der Waals surface area contributed by atoms with Crippen molar-refractivity contribution in [2.75, 3.05) is 0 Å². The molecule has 1 rings (SSSR count). The SMILES string of the molecule is CC(Oc1ccc(C(=O)O)cc1Cl)C(=O)O. The van der Waals surface area contributed by atoms with Gasteiger partial charge in [0, 0.05) is 0 Å². The van der Waals surface area contributed by atoms with Crippen LogP contribution in [-0.2, 0) is 4.79 Å². The third kappa shape index (κ3) is 2.87. The van der Waals surface area contributed by atoms with Crippen LogP contribution in [-0.4, -0.2) is 28.3 Å². The number of rotatable bonds is 4. The molecule has 0 spiro atoms. The summed E-state index contributed by atoms with van der Waals surface area (Å²) in [6.07, 6.45) is -1.05. The lowest BCUT2D eigenvalue weighted by Crippen LogP contribution is -2.23. The summed E-state index contributed by atoms with van der Waals surface area (Å²) in [7, 11) is 0. The van der Waals surface area contributed by atoms with Gasteiger partial charge in [0.05, 0.1) is 10.6 Å². The number of halogens is 1. The van der Waals surface area contributed by atoms with Crippen molar-refractivity contribution >= 4 is 23.5 Å². The highest BCUT2D eigenvalue weighted by Gasteiger charge is 2.15. The predicted octanol–water partition coefficient (Wildman–Crippen LogP) is 1.89. The molecule has 1 aromatic rings. The smallest absolute Gasteiger partial charge is 0.344 e. The lowest BCUT2D eigenvalue weighted by molar-refractivity contribution is -0.144. The molecule has 0 radical (unpaired) electrons. The summed E-state index contributed by atoms with van der Waals surface area (Å²) in [4.78, 5) is 21.1. The van der Waals surface area contributed by atoms with Gasteiger partial charge in [0.1, 0.15) is 5.75 Å². The zero-order chi connectivity index (χ0) is 12.3. The summed E-state index contributed by atoms with van der Waals surface area (Å²) in [6.45, 7) is 1.35. The Kier molecular flexibility index (Phi) is 3.73. The van der Waals surface area contributed by atoms with Gasteiger partial charge in [-0.05, 0) is 25.1 Å². The van der Waals surface area contributed by atoms with E-state index in [-0.39, 0.29) is 16.3 Å². The molecular formula is C10H9ClO5. The van der Waals surface area contributed by atoms with Crippen LogP contribution in [0, 0.1) is 0 Å². The fourth-order valence-electron chi connectivity index (χ4n) is 0.970. The van der Waals surface area contributed by atoms with Crippen molar-refractivity contribution in [2.24, 2.45) is 0 Å². The van der Waals surface area contributed by atoms with E-state index in [1.165, 1.54) is 25.1 Å². The minimum absolute atomic E-state index is 0.0142. The molecule has 16 heavy (non-hydrogen) atoms. The molecule has 0 aromatic heterocycles. The second kappa shape index (κ2) is 4.85. The number of benzene rings is 1. The topological polar surface area (TPSA) is 83.8 Å². The third-order valence-corrected chi connectivity index (χ3v) is 2.13. The average Bonchev–Trinajstić information content (AvgIpc) is 2.20. The highest BCUT2D eigenvalue weighted by molar-refractivity contribution is 6.32. The van der Waals surface area contributed by atoms with E-state index in [4.69, 9.17) is 26.6 Å². The molecule has 0 fully saturated rings. The molecule has 0 aliphatic rings. The Balaban J connectivity index is 2.91. The minimum Gasteiger partial charge on any atom is -0.479 e. The van der Waals surface area contributed by atoms with E-state index in [2.05, 4.69) is 0 Å². The maximum atomic E-state index is 10.6. The average molecular weight is 245 g/mol. The first kappa shape index (κ1) is 12.3. The van der Waals surface area contributed by atoms with Gasteiger partial charge in [-0.25, -0.2) is 9.59 Å². The lowest BCUT2D eigenvalue weighted by atomic mass is 10.2. The maximum Gasteiger partial charge on any atom is 0.344 e. The third-order valence-electron chi connectivity index (χ3n) is 1.83. The van der Waals surface area contributed by atoms with Crippen LogP contribution < -0.4 is 4.74 Å². The summed E-state index contributed by atoms with van der Waals surface area (Å²) in [5, 5.41) is 17.4. The number of carbonyl (C=O) groups is 2. The second-order valence-electron chi connectivity index (χ2n) is 3.05. The summed E-state index contributed by atoms with van der Waals surface area (Å²) >= 11 is 5.74. The van der Waals surface area contributed by atoms with Crippen molar-refractivity contribution in [1.82, 2.24) is 0 Å².